The van der Waals surface area contributed by atoms with Crippen LogP contribution in [-0.4, -0.2) is 61.1 Å². The van der Waals surface area contributed by atoms with Gasteiger partial charge in [0.05, 0.1) is 38.6 Å². The molecule has 0 amide bonds. The molecule has 3 aliphatic rings. The summed E-state index contributed by atoms with van der Waals surface area (Å²) in [7, 11) is -1.63. The molecule has 4 rings (SSSR count). The van der Waals surface area contributed by atoms with Crippen molar-refractivity contribution in [3.63, 3.8) is 0 Å². The van der Waals surface area contributed by atoms with Gasteiger partial charge in [0, 0.05) is 0 Å². The number of ether oxygens (including phenoxy) is 1. The summed E-state index contributed by atoms with van der Waals surface area (Å²) in [6, 6.07) is 3.94. The van der Waals surface area contributed by atoms with Crippen molar-refractivity contribution < 1.29 is 45.8 Å². The summed E-state index contributed by atoms with van der Waals surface area (Å²) in [5.41, 5.74) is -1.93. The van der Waals surface area contributed by atoms with Gasteiger partial charge in [0.1, 0.15) is 5.75 Å². The second kappa shape index (κ2) is 10.6. The standard InChI is InChI=1S/C13H26B2O4.C13H15BClF3O3/c1-9-13(8)12(6,7)18-15(19-13)14-16-10(2,3)11(4,5)17-14;1-11(2)12(3,4)21-14(20-11)8-5-6-10(9(15)7-8)19-13(16,17)18/h9H2,1-8H3;5-7H,1-4H3. The summed E-state index contributed by atoms with van der Waals surface area (Å²) in [5, 5.41) is -0.153. The minimum atomic E-state index is -4.78. The third-order valence-corrected chi connectivity index (χ3v) is 9.23. The highest BCUT2D eigenvalue weighted by molar-refractivity contribution is 7.11. The number of alkyl halides is 3. The van der Waals surface area contributed by atoms with Crippen molar-refractivity contribution in [2.75, 3.05) is 0 Å². The Morgan fingerprint density at radius 3 is 1.52 bits per heavy atom. The highest BCUT2D eigenvalue weighted by atomic mass is 35.5. The third kappa shape index (κ3) is 6.66. The van der Waals surface area contributed by atoms with E-state index in [0.29, 0.717) is 5.46 Å². The summed E-state index contributed by atoms with van der Waals surface area (Å²) in [4.78, 5) is 0. The van der Waals surface area contributed by atoms with Crippen LogP contribution in [0.5, 0.6) is 5.75 Å². The first-order valence-corrected chi connectivity index (χ1v) is 13.9. The molecule has 0 spiro atoms. The maximum absolute atomic E-state index is 12.2. The van der Waals surface area contributed by atoms with E-state index in [2.05, 4.69) is 32.4 Å². The van der Waals surface area contributed by atoms with E-state index in [1.807, 2.05) is 55.4 Å². The van der Waals surface area contributed by atoms with Gasteiger partial charge in [0.15, 0.2) is 0 Å². The quantitative estimate of drug-likeness (QED) is 0.389. The van der Waals surface area contributed by atoms with Crippen LogP contribution in [0.1, 0.15) is 89.5 Å². The average Bonchev–Trinajstić information content (AvgIpc) is 3.25. The Kier molecular flexibility index (Phi) is 8.93. The number of hydrogen-bond acceptors (Lipinski definition) is 7. The third-order valence-electron chi connectivity index (χ3n) is 8.94. The monoisotopic (exact) mass is 590 g/mol. The second-order valence-corrected chi connectivity index (χ2v) is 13.6. The summed E-state index contributed by atoms with van der Waals surface area (Å²) in [5.74, 6) is -0.454. The number of benzene rings is 1. The van der Waals surface area contributed by atoms with Gasteiger partial charge in [-0.25, -0.2) is 0 Å². The van der Waals surface area contributed by atoms with Crippen molar-refractivity contribution in [3.05, 3.63) is 23.2 Å². The molecule has 0 saturated carbocycles. The van der Waals surface area contributed by atoms with Gasteiger partial charge in [0.2, 0.25) is 0 Å². The highest BCUT2D eigenvalue weighted by Gasteiger charge is 2.64. The lowest BCUT2D eigenvalue weighted by Crippen LogP contribution is -2.44. The van der Waals surface area contributed by atoms with E-state index in [-0.39, 0.29) is 27.4 Å². The van der Waals surface area contributed by atoms with Gasteiger partial charge < -0.3 is 32.7 Å². The zero-order valence-corrected chi connectivity index (χ0v) is 26.3. The van der Waals surface area contributed by atoms with Crippen LogP contribution in [0.4, 0.5) is 13.2 Å². The normalized spacial score (nSPS) is 27.9. The van der Waals surface area contributed by atoms with Crippen molar-refractivity contribution in [3.8, 4) is 5.75 Å². The lowest BCUT2D eigenvalue weighted by atomic mass is 9.49. The Morgan fingerprint density at radius 1 is 0.700 bits per heavy atom. The van der Waals surface area contributed by atoms with Crippen LogP contribution in [-0.2, 0) is 27.9 Å². The molecule has 7 nitrogen and oxygen atoms in total. The number of hydrogen-bond donors (Lipinski definition) is 0. The van der Waals surface area contributed by atoms with Crippen molar-refractivity contribution in [1.82, 2.24) is 0 Å². The van der Waals surface area contributed by atoms with Crippen molar-refractivity contribution in [2.45, 2.75) is 129 Å². The Hall–Kier alpha value is -0.945. The van der Waals surface area contributed by atoms with Gasteiger partial charge in [-0.2, -0.15) is 0 Å². The smallest absolute Gasteiger partial charge is 0.405 e. The molecule has 1 atom stereocenters. The summed E-state index contributed by atoms with van der Waals surface area (Å²) < 4.78 is 76.2. The zero-order valence-electron chi connectivity index (χ0n) is 25.5. The van der Waals surface area contributed by atoms with E-state index < -0.39 is 44.5 Å². The van der Waals surface area contributed by atoms with Crippen molar-refractivity contribution >= 4 is 38.2 Å². The lowest BCUT2D eigenvalue weighted by molar-refractivity contribution is -0.274. The summed E-state index contributed by atoms with van der Waals surface area (Å²) >= 11 is 5.82. The van der Waals surface area contributed by atoms with Crippen LogP contribution in [0, 0.1) is 0 Å². The van der Waals surface area contributed by atoms with Crippen LogP contribution < -0.4 is 10.2 Å². The Bertz CT molecular complexity index is 1050. The van der Waals surface area contributed by atoms with Gasteiger partial charge in [-0.3, -0.25) is 0 Å². The van der Waals surface area contributed by atoms with Crippen LogP contribution >= 0.6 is 11.6 Å². The molecular formula is C26H41B3ClF3O7. The molecule has 3 aliphatic heterocycles. The van der Waals surface area contributed by atoms with E-state index in [4.69, 9.17) is 39.5 Å². The first-order chi connectivity index (χ1) is 17.9. The number of halogens is 4. The molecule has 3 saturated heterocycles. The fraction of sp³-hybridized carbons (Fsp3) is 0.769. The maximum Gasteiger partial charge on any atom is 0.573 e. The Balaban J connectivity index is 0.000000222. The van der Waals surface area contributed by atoms with E-state index in [0.717, 1.165) is 12.5 Å². The number of rotatable bonds is 4. The zero-order chi connectivity index (χ0) is 30.7. The first kappa shape index (κ1) is 33.6. The van der Waals surface area contributed by atoms with Gasteiger partial charge in [-0.15, -0.1) is 13.2 Å². The van der Waals surface area contributed by atoms with Crippen LogP contribution in [0.15, 0.2) is 18.2 Å². The predicted molar refractivity (Wildman–Crippen MR) is 151 cm³/mol. The maximum atomic E-state index is 12.2. The summed E-state index contributed by atoms with van der Waals surface area (Å²) in [6.07, 6.45) is -3.90. The van der Waals surface area contributed by atoms with Crippen molar-refractivity contribution in [1.29, 1.82) is 0 Å². The average molecular weight is 590 g/mol. The summed E-state index contributed by atoms with van der Waals surface area (Å²) in [6.45, 7) is 24.0. The van der Waals surface area contributed by atoms with E-state index in [9.17, 15) is 13.2 Å². The minimum absolute atomic E-state index is 0.153. The Labute approximate surface area is 242 Å². The Morgan fingerprint density at radius 2 is 1.12 bits per heavy atom. The topological polar surface area (TPSA) is 64.6 Å². The fourth-order valence-electron chi connectivity index (χ4n) is 4.31. The van der Waals surface area contributed by atoms with Crippen molar-refractivity contribution in [2.24, 2.45) is 0 Å². The molecule has 1 unspecified atom stereocenters. The molecular weight excluding hydrogens is 549 g/mol. The van der Waals surface area contributed by atoms with E-state index >= 15 is 0 Å². The molecule has 0 aliphatic carbocycles. The lowest BCUT2D eigenvalue weighted by Gasteiger charge is -2.35. The largest absolute Gasteiger partial charge is 0.573 e. The van der Waals surface area contributed by atoms with Gasteiger partial charge >= 0.3 is 27.5 Å². The van der Waals surface area contributed by atoms with E-state index in [1.54, 1.807) is 0 Å². The van der Waals surface area contributed by atoms with E-state index in [1.165, 1.54) is 12.1 Å². The molecule has 0 bridgehead atoms. The van der Waals surface area contributed by atoms with Gasteiger partial charge in [-0.1, -0.05) is 24.6 Å². The van der Waals surface area contributed by atoms with Gasteiger partial charge in [-0.05, 0) is 100 Å². The molecule has 0 aromatic heterocycles. The molecule has 224 valence electrons. The minimum Gasteiger partial charge on any atom is -0.405 e. The van der Waals surface area contributed by atoms with Crippen LogP contribution in [0.3, 0.4) is 0 Å². The molecule has 0 radical (unpaired) electrons. The molecule has 1 aromatic rings. The predicted octanol–water partition coefficient (Wildman–Crippen LogP) is 6.18. The van der Waals surface area contributed by atoms with Crippen LogP contribution in [0.2, 0.25) is 5.02 Å². The van der Waals surface area contributed by atoms with Crippen LogP contribution in [0.25, 0.3) is 0 Å². The second-order valence-electron chi connectivity index (χ2n) is 13.1. The molecule has 0 N–H and O–H groups in total. The molecule has 3 fully saturated rings. The molecule has 1 aromatic carbocycles. The molecule has 3 heterocycles. The first-order valence-electron chi connectivity index (χ1n) is 13.5. The fourth-order valence-corrected chi connectivity index (χ4v) is 4.54. The highest BCUT2D eigenvalue weighted by Crippen LogP contribution is 2.44. The molecule has 40 heavy (non-hydrogen) atoms. The SMILES string of the molecule is CC1(C)OB(c2ccc(OC(F)(F)F)c(Cl)c2)OC1(C)C.CCC1(C)OB(B2OC(C)(C)C(C)(C)O2)OC1(C)C. The van der Waals surface area contributed by atoms with Gasteiger partial charge in [0.25, 0.3) is 0 Å². The molecule has 14 heteroatoms.